The summed E-state index contributed by atoms with van der Waals surface area (Å²) in [6.07, 6.45) is 0. The van der Waals surface area contributed by atoms with Crippen LogP contribution < -0.4 is 4.74 Å². The van der Waals surface area contributed by atoms with E-state index in [2.05, 4.69) is 16.3 Å². The molecule has 0 unspecified atom stereocenters. The normalized spacial score (nSPS) is 10.9. The van der Waals surface area contributed by atoms with Crippen LogP contribution in [0.5, 0.6) is 5.75 Å². The Bertz CT molecular complexity index is 424. The van der Waals surface area contributed by atoms with Gasteiger partial charge >= 0.3 is 5.57 Å². The van der Waals surface area contributed by atoms with Gasteiger partial charge < -0.3 is 4.74 Å². The average molecular weight is 240 g/mol. The van der Waals surface area contributed by atoms with Gasteiger partial charge in [0.05, 0.1) is 5.56 Å². The fraction of sp³-hybridized carbons (Fsp3) is 0.125. The number of benzene rings is 1. The van der Waals surface area contributed by atoms with Gasteiger partial charge in [0.15, 0.2) is 11.6 Å². The molecule has 0 aliphatic heterocycles. The monoisotopic (exact) mass is 239 g/mol. The van der Waals surface area contributed by atoms with E-state index in [9.17, 15) is 17.6 Å². The Morgan fingerprint density at radius 3 is 2.33 bits per heavy atom. The molecule has 0 fully saturated rings. The van der Waals surface area contributed by atoms with Gasteiger partial charge in [-0.05, 0) is 12.1 Å². The number of alkyl halides is 3. The zero-order valence-electron chi connectivity index (χ0n) is 6.90. The Morgan fingerprint density at radius 2 is 1.87 bits per heavy atom. The lowest BCUT2D eigenvalue weighted by Crippen LogP contribution is -2.17. The van der Waals surface area contributed by atoms with Gasteiger partial charge in [0.2, 0.25) is 5.82 Å². The summed E-state index contributed by atoms with van der Waals surface area (Å²) in [5.74, 6) is -4.31. The third-order valence-corrected chi connectivity index (χ3v) is 1.47. The van der Waals surface area contributed by atoms with Crippen molar-refractivity contribution in [3.05, 3.63) is 29.3 Å². The number of nitrogens with zero attached hydrogens (tertiary/aromatic N) is 1. The number of halogens is 5. The van der Waals surface area contributed by atoms with Crippen LogP contribution in [0.15, 0.2) is 12.1 Å². The van der Waals surface area contributed by atoms with Crippen molar-refractivity contribution in [1.29, 1.82) is 5.26 Å². The van der Waals surface area contributed by atoms with Gasteiger partial charge in [-0.3, -0.25) is 0 Å². The van der Waals surface area contributed by atoms with Crippen molar-refractivity contribution in [2.45, 2.75) is 5.57 Å². The van der Waals surface area contributed by atoms with Crippen molar-refractivity contribution in [1.82, 2.24) is 0 Å². The standard InChI is InChI=1S/C8H2ClF4NO/c9-8(12,13)15-5-2-1-4(3-14)6(10)7(5)11/h1-2H. The van der Waals surface area contributed by atoms with Crippen LogP contribution in [0.2, 0.25) is 0 Å². The van der Waals surface area contributed by atoms with Crippen molar-refractivity contribution < 1.29 is 22.3 Å². The highest BCUT2D eigenvalue weighted by atomic mass is 35.5. The van der Waals surface area contributed by atoms with Crippen molar-refractivity contribution in [3.8, 4) is 11.8 Å². The van der Waals surface area contributed by atoms with Crippen molar-refractivity contribution >= 4 is 11.6 Å². The molecule has 2 nitrogen and oxygen atoms in total. The Morgan fingerprint density at radius 1 is 1.27 bits per heavy atom. The summed E-state index contributed by atoms with van der Waals surface area (Å²) in [4.78, 5) is 0. The number of nitriles is 1. The summed E-state index contributed by atoms with van der Waals surface area (Å²) >= 11 is 4.36. The van der Waals surface area contributed by atoms with E-state index in [-0.39, 0.29) is 0 Å². The second-order valence-corrected chi connectivity index (χ2v) is 2.84. The molecule has 1 aromatic carbocycles. The lowest BCUT2D eigenvalue weighted by atomic mass is 10.2. The summed E-state index contributed by atoms with van der Waals surface area (Å²) in [6.45, 7) is 0. The number of ether oxygens (including phenoxy) is 1. The van der Waals surface area contributed by atoms with E-state index in [1.807, 2.05) is 0 Å². The van der Waals surface area contributed by atoms with Crippen LogP contribution in [0.25, 0.3) is 0 Å². The average Bonchev–Trinajstić information content (AvgIpc) is 2.11. The van der Waals surface area contributed by atoms with Gasteiger partial charge in [-0.15, -0.1) is 8.78 Å². The minimum absolute atomic E-state index is 0.613. The first kappa shape index (κ1) is 11.6. The molecule has 7 heteroatoms. The Labute approximate surface area is 86.6 Å². The molecule has 0 aliphatic carbocycles. The molecule has 0 N–H and O–H groups in total. The Hall–Kier alpha value is -1.48. The predicted octanol–water partition coefficient (Wildman–Crippen LogP) is 3.00. The smallest absolute Gasteiger partial charge is 0.417 e. The molecule has 0 heterocycles. The van der Waals surface area contributed by atoms with Crippen LogP contribution in [-0.2, 0) is 0 Å². The van der Waals surface area contributed by atoms with Crippen molar-refractivity contribution in [2.75, 3.05) is 0 Å². The van der Waals surface area contributed by atoms with Gasteiger partial charge in [-0.2, -0.15) is 9.65 Å². The molecule has 0 amide bonds. The summed E-state index contributed by atoms with van der Waals surface area (Å²) in [5, 5.41) is 8.29. The molecule has 1 rings (SSSR count). The molecule has 0 radical (unpaired) electrons. The Kier molecular flexibility index (Phi) is 3.05. The molecule has 15 heavy (non-hydrogen) atoms. The maximum atomic E-state index is 12.9. The van der Waals surface area contributed by atoms with Gasteiger partial charge in [-0.1, -0.05) is 0 Å². The van der Waals surface area contributed by atoms with Gasteiger partial charge in [-0.25, -0.2) is 4.39 Å². The van der Waals surface area contributed by atoms with Crippen LogP contribution in [-0.4, -0.2) is 5.57 Å². The minimum atomic E-state index is -4.14. The van der Waals surface area contributed by atoms with E-state index >= 15 is 0 Å². The Balaban J connectivity index is 3.14. The molecule has 0 saturated carbocycles. The first-order valence-electron chi connectivity index (χ1n) is 3.49. The van der Waals surface area contributed by atoms with Crippen LogP contribution in [0, 0.1) is 23.0 Å². The molecular formula is C8H2ClF4NO. The lowest BCUT2D eigenvalue weighted by Gasteiger charge is -2.11. The summed E-state index contributed by atoms with van der Waals surface area (Å²) in [6, 6.07) is 2.82. The van der Waals surface area contributed by atoms with Crippen molar-refractivity contribution in [3.63, 3.8) is 0 Å². The lowest BCUT2D eigenvalue weighted by molar-refractivity contribution is -0.0987. The molecule has 80 valence electrons. The first-order chi connectivity index (χ1) is 6.85. The quantitative estimate of drug-likeness (QED) is 0.587. The minimum Gasteiger partial charge on any atom is -0.417 e. The zero-order valence-corrected chi connectivity index (χ0v) is 7.66. The van der Waals surface area contributed by atoms with Gasteiger partial charge in [0.25, 0.3) is 0 Å². The van der Waals surface area contributed by atoms with E-state index < -0.39 is 28.5 Å². The summed E-state index contributed by atoms with van der Waals surface area (Å²) < 4.78 is 53.6. The second-order valence-electron chi connectivity index (χ2n) is 2.40. The highest BCUT2D eigenvalue weighted by Gasteiger charge is 2.30. The molecule has 0 saturated heterocycles. The maximum absolute atomic E-state index is 12.9. The third kappa shape index (κ3) is 2.73. The maximum Gasteiger partial charge on any atom is 0.487 e. The summed E-state index contributed by atoms with van der Waals surface area (Å²) in [5.41, 5.74) is -4.75. The molecular weight excluding hydrogens is 238 g/mol. The highest BCUT2D eigenvalue weighted by molar-refractivity contribution is 6.20. The van der Waals surface area contributed by atoms with Crippen LogP contribution in [0.3, 0.4) is 0 Å². The van der Waals surface area contributed by atoms with Gasteiger partial charge in [0.1, 0.15) is 6.07 Å². The van der Waals surface area contributed by atoms with Gasteiger partial charge in [0, 0.05) is 11.6 Å². The van der Waals surface area contributed by atoms with Crippen LogP contribution in [0.4, 0.5) is 17.6 Å². The third-order valence-electron chi connectivity index (χ3n) is 1.39. The molecule has 1 aromatic rings. The molecule has 0 spiro atoms. The number of hydrogen-bond donors (Lipinski definition) is 0. The van der Waals surface area contributed by atoms with Crippen LogP contribution >= 0.6 is 11.6 Å². The van der Waals surface area contributed by atoms with Crippen LogP contribution in [0.1, 0.15) is 5.56 Å². The highest BCUT2D eigenvalue weighted by Crippen LogP contribution is 2.29. The molecule has 0 bridgehead atoms. The van der Waals surface area contributed by atoms with E-state index in [4.69, 9.17) is 5.26 Å². The van der Waals surface area contributed by atoms with E-state index in [0.29, 0.717) is 6.07 Å². The second kappa shape index (κ2) is 3.95. The van der Waals surface area contributed by atoms with E-state index in [1.54, 1.807) is 0 Å². The van der Waals surface area contributed by atoms with E-state index in [0.717, 1.165) is 6.07 Å². The zero-order chi connectivity index (χ0) is 11.6. The van der Waals surface area contributed by atoms with E-state index in [1.165, 1.54) is 6.07 Å². The fourth-order valence-electron chi connectivity index (χ4n) is 0.822. The fourth-order valence-corrected chi connectivity index (χ4v) is 0.905. The largest absolute Gasteiger partial charge is 0.487 e. The first-order valence-corrected chi connectivity index (χ1v) is 3.87. The predicted molar refractivity (Wildman–Crippen MR) is 42.5 cm³/mol. The van der Waals surface area contributed by atoms with Crippen molar-refractivity contribution in [2.24, 2.45) is 0 Å². The summed E-state index contributed by atoms with van der Waals surface area (Å²) in [7, 11) is 0. The molecule has 0 aliphatic rings. The molecule has 0 atom stereocenters. The SMILES string of the molecule is N#Cc1ccc(OC(F)(F)Cl)c(F)c1F. The topological polar surface area (TPSA) is 33.0 Å². The number of rotatable bonds is 2. The molecule has 0 aromatic heterocycles. The number of hydrogen-bond acceptors (Lipinski definition) is 2.